The summed E-state index contributed by atoms with van der Waals surface area (Å²) in [5.74, 6) is 1.14. The molecule has 5 heterocycles. The zero-order chi connectivity index (χ0) is 16.4. The second-order valence-corrected chi connectivity index (χ2v) is 6.18. The van der Waals surface area contributed by atoms with Crippen molar-refractivity contribution in [2.75, 3.05) is 0 Å². The summed E-state index contributed by atoms with van der Waals surface area (Å²) in [6, 6.07) is 14.4. The normalized spacial score (nSPS) is 12.6. The van der Waals surface area contributed by atoms with Gasteiger partial charge in [-0.3, -0.25) is 4.98 Å². The molecule has 0 bridgehead atoms. The van der Waals surface area contributed by atoms with Crippen LogP contribution in [-0.4, -0.2) is 23.9 Å². The van der Waals surface area contributed by atoms with E-state index in [-0.39, 0.29) is 0 Å². The number of benzene rings is 1. The molecule has 0 aliphatic carbocycles. The number of aromatic nitrogens is 6. The van der Waals surface area contributed by atoms with Gasteiger partial charge in [-0.15, -0.1) is 0 Å². The minimum atomic E-state index is 0.784. The summed E-state index contributed by atoms with van der Waals surface area (Å²) in [4.78, 5) is 13.4. The Hall–Kier alpha value is -3.54. The summed E-state index contributed by atoms with van der Waals surface area (Å²) in [7, 11) is 0. The number of para-hydroxylation sites is 1. The van der Waals surface area contributed by atoms with Crippen LogP contribution in [0.5, 0.6) is 0 Å². The van der Waals surface area contributed by atoms with Gasteiger partial charge in [0.2, 0.25) is 11.5 Å². The molecule has 0 unspecified atom stereocenters. The van der Waals surface area contributed by atoms with Gasteiger partial charge in [-0.2, -0.15) is 0 Å². The molecule has 0 spiro atoms. The first-order chi connectivity index (χ1) is 12.4. The molecule has 118 valence electrons. The number of nitrogens with zero attached hydrogens (tertiary/aromatic N) is 6. The molecule has 5 aromatic rings. The predicted molar refractivity (Wildman–Crippen MR) is 92.3 cm³/mol. The molecule has 0 N–H and O–H groups in total. The van der Waals surface area contributed by atoms with Crippen molar-refractivity contribution in [3.05, 3.63) is 72.9 Å². The summed E-state index contributed by atoms with van der Waals surface area (Å²) in [5.41, 5.74) is 6.43. The summed E-state index contributed by atoms with van der Waals surface area (Å²) >= 11 is 0. The van der Waals surface area contributed by atoms with Crippen LogP contribution in [0.1, 0.15) is 5.56 Å². The number of rotatable bonds is 1. The molecule has 0 saturated carbocycles. The van der Waals surface area contributed by atoms with Gasteiger partial charge < -0.3 is 0 Å². The van der Waals surface area contributed by atoms with Crippen LogP contribution >= 0.6 is 0 Å². The molecule has 0 atom stereocenters. The SMILES string of the molecule is c1ccc(-n2c3[n+](c4nc5ccncn5c42)Cc2cnccc2-3)cc1. The highest BCUT2D eigenvalue weighted by molar-refractivity contribution is 5.79. The first-order valence-corrected chi connectivity index (χ1v) is 8.17. The Labute approximate surface area is 142 Å². The number of fused-ring (bicyclic) bond motifs is 7. The standard InChI is InChI=1S/C19H13N6/c1-2-4-14(5-3-1)25-18-15-6-8-20-10-13(15)11-23(18)17-19(25)24-12-21-9-7-16(24)22-17/h1-10,12H,11H2/q+1. The van der Waals surface area contributed by atoms with E-state index in [1.54, 1.807) is 6.20 Å². The molecule has 0 radical (unpaired) electrons. The molecule has 25 heavy (non-hydrogen) atoms. The molecule has 1 aromatic carbocycles. The Kier molecular flexibility index (Phi) is 2.31. The van der Waals surface area contributed by atoms with E-state index in [0.29, 0.717) is 0 Å². The molecule has 1 aliphatic rings. The lowest BCUT2D eigenvalue weighted by Gasteiger charge is -2.04. The van der Waals surface area contributed by atoms with Gasteiger partial charge in [-0.1, -0.05) is 23.2 Å². The van der Waals surface area contributed by atoms with E-state index in [0.717, 1.165) is 35.0 Å². The molecular formula is C19H13N6+. The molecule has 6 heteroatoms. The highest BCUT2D eigenvalue weighted by atomic mass is 15.3. The smallest absolute Gasteiger partial charge is 0.264 e. The van der Waals surface area contributed by atoms with Crippen molar-refractivity contribution < 1.29 is 4.57 Å². The second kappa shape index (κ2) is 4.51. The van der Waals surface area contributed by atoms with Crippen LogP contribution in [0, 0.1) is 0 Å². The topological polar surface area (TPSA) is 51.9 Å². The molecule has 6 rings (SSSR count). The summed E-state index contributed by atoms with van der Waals surface area (Å²) in [6.07, 6.45) is 7.40. The maximum Gasteiger partial charge on any atom is 0.324 e. The van der Waals surface area contributed by atoms with E-state index in [4.69, 9.17) is 4.98 Å². The minimum absolute atomic E-state index is 0.784. The van der Waals surface area contributed by atoms with Crippen molar-refractivity contribution in [1.82, 2.24) is 23.9 Å². The third-order valence-electron chi connectivity index (χ3n) is 4.81. The average Bonchev–Trinajstić information content (AvgIpc) is 3.30. The third-order valence-corrected chi connectivity index (χ3v) is 4.81. The van der Waals surface area contributed by atoms with Crippen molar-refractivity contribution in [2.45, 2.75) is 6.54 Å². The highest BCUT2D eigenvalue weighted by Crippen LogP contribution is 2.33. The Morgan fingerprint density at radius 3 is 2.76 bits per heavy atom. The van der Waals surface area contributed by atoms with Crippen molar-refractivity contribution in [3.63, 3.8) is 0 Å². The Balaban J connectivity index is 1.84. The fourth-order valence-corrected chi connectivity index (χ4v) is 3.76. The van der Waals surface area contributed by atoms with Crippen LogP contribution < -0.4 is 4.57 Å². The van der Waals surface area contributed by atoms with Gasteiger partial charge in [-0.05, 0) is 18.2 Å². The third kappa shape index (κ3) is 1.58. The zero-order valence-electron chi connectivity index (χ0n) is 13.2. The first-order valence-electron chi connectivity index (χ1n) is 8.17. The van der Waals surface area contributed by atoms with Crippen LogP contribution in [0.3, 0.4) is 0 Å². The fourth-order valence-electron chi connectivity index (χ4n) is 3.76. The van der Waals surface area contributed by atoms with Crippen molar-refractivity contribution >= 4 is 16.9 Å². The summed E-state index contributed by atoms with van der Waals surface area (Å²) in [6.45, 7) is 0.784. The van der Waals surface area contributed by atoms with Crippen LogP contribution in [0.15, 0.2) is 67.4 Å². The quantitative estimate of drug-likeness (QED) is 0.436. The van der Waals surface area contributed by atoms with Crippen molar-refractivity contribution in [2.24, 2.45) is 0 Å². The first kappa shape index (κ1) is 12.8. The summed E-state index contributed by atoms with van der Waals surface area (Å²) < 4.78 is 6.58. The van der Waals surface area contributed by atoms with Gasteiger partial charge in [-0.25, -0.2) is 18.5 Å². The van der Waals surface area contributed by atoms with E-state index in [1.165, 1.54) is 11.1 Å². The van der Waals surface area contributed by atoms with E-state index in [9.17, 15) is 0 Å². The van der Waals surface area contributed by atoms with E-state index < -0.39 is 0 Å². The van der Waals surface area contributed by atoms with E-state index >= 15 is 0 Å². The van der Waals surface area contributed by atoms with Crippen LogP contribution in [0.25, 0.3) is 34.0 Å². The second-order valence-electron chi connectivity index (χ2n) is 6.18. The van der Waals surface area contributed by atoms with E-state index in [1.807, 2.05) is 30.9 Å². The van der Waals surface area contributed by atoms with Gasteiger partial charge in [0.25, 0.3) is 5.65 Å². The molecule has 4 aromatic heterocycles. The predicted octanol–water partition coefficient (Wildman–Crippen LogP) is 2.38. The molecule has 1 aliphatic heterocycles. The number of hydrogen-bond donors (Lipinski definition) is 0. The molecule has 0 amide bonds. The lowest BCUT2D eigenvalue weighted by Crippen LogP contribution is -2.31. The Morgan fingerprint density at radius 1 is 0.960 bits per heavy atom. The van der Waals surface area contributed by atoms with Gasteiger partial charge in [0.1, 0.15) is 12.0 Å². The maximum absolute atomic E-state index is 4.86. The highest BCUT2D eigenvalue weighted by Gasteiger charge is 2.36. The van der Waals surface area contributed by atoms with Gasteiger partial charge in [0, 0.05) is 30.2 Å². The van der Waals surface area contributed by atoms with Crippen molar-refractivity contribution in [1.29, 1.82) is 0 Å². The molecule has 6 nitrogen and oxygen atoms in total. The Morgan fingerprint density at radius 2 is 1.84 bits per heavy atom. The maximum atomic E-state index is 4.86. The largest absolute Gasteiger partial charge is 0.324 e. The minimum Gasteiger partial charge on any atom is -0.264 e. The Bertz CT molecular complexity index is 1270. The average molecular weight is 325 g/mol. The van der Waals surface area contributed by atoms with E-state index in [2.05, 4.69) is 53.8 Å². The molecular weight excluding hydrogens is 312 g/mol. The summed E-state index contributed by atoms with van der Waals surface area (Å²) in [5, 5.41) is 0. The molecule has 0 saturated heterocycles. The lowest BCUT2D eigenvalue weighted by atomic mass is 10.1. The van der Waals surface area contributed by atoms with Crippen molar-refractivity contribution in [3.8, 4) is 17.1 Å². The fraction of sp³-hybridized carbons (Fsp3) is 0.0526. The van der Waals surface area contributed by atoms with Gasteiger partial charge >= 0.3 is 5.65 Å². The number of hydrogen-bond acceptors (Lipinski definition) is 3. The van der Waals surface area contributed by atoms with Crippen LogP contribution in [0.4, 0.5) is 0 Å². The molecule has 0 fully saturated rings. The number of imidazole rings is 2. The zero-order valence-corrected chi connectivity index (χ0v) is 13.2. The van der Waals surface area contributed by atoms with Gasteiger partial charge in [0.05, 0.1) is 12.1 Å². The lowest BCUT2D eigenvalue weighted by molar-refractivity contribution is -0.647. The van der Waals surface area contributed by atoms with Crippen LogP contribution in [0.2, 0.25) is 0 Å². The van der Waals surface area contributed by atoms with Crippen LogP contribution in [-0.2, 0) is 6.54 Å². The number of pyridine rings is 1. The van der Waals surface area contributed by atoms with Gasteiger partial charge in [0.15, 0.2) is 0 Å². The monoisotopic (exact) mass is 325 g/mol.